The normalized spacial score (nSPS) is 18.8. The molecule has 0 saturated heterocycles. The van der Waals surface area contributed by atoms with Crippen LogP contribution in [0.3, 0.4) is 0 Å². The third-order valence-corrected chi connectivity index (χ3v) is 3.60. The molecule has 0 fully saturated rings. The van der Waals surface area contributed by atoms with Crippen LogP contribution in [0.2, 0.25) is 0 Å². The summed E-state index contributed by atoms with van der Waals surface area (Å²) in [7, 11) is 0. The first-order valence-corrected chi connectivity index (χ1v) is 6.60. The summed E-state index contributed by atoms with van der Waals surface area (Å²) in [5.74, 6) is 0.838. The minimum Gasteiger partial charge on any atom is -0.478 e. The average molecular weight is 296 g/mol. The molecule has 0 spiro atoms. The van der Waals surface area contributed by atoms with E-state index in [2.05, 4.69) is 72.9 Å². The van der Waals surface area contributed by atoms with E-state index in [4.69, 9.17) is 4.74 Å². The largest absolute Gasteiger partial charge is 0.478 e. The molecule has 1 heterocycles. The molecule has 1 aromatic carbocycles. The van der Waals surface area contributed by atoms with E-state index in [1.807, 2.05) is 0 Å². The van der Waals surface area contributed by atoms with Crippen molar-refractivity contribution in [1.29, 1.82) is 0 Å². The monoisotopic (exact) mass is 295 g/mol. The number of nitrogens with zero attached hydrogens (tertiary/aromatic N) is 1. The van der Waals surface area contributed by atoms with Gasteiger partial charge in [-0.2, -0.15) is 0 Å². The van der Waals surface area contributed by atoms with Gasteiger partial charge in [0.15, 0.2) is 5.90 Å². The van der Waals surface area contributed by atoms with E-state index in [0.717, 1.165) is 10.4 Å². The van der Waals surface area contributed by atoms with E-state index in [1.54, 1.807) is 0 Å². The summed E-state index contributed by atoms with van der Waals surface area (Å²) in [5, 5.41) is 0. The number of hydrogen-bond donors (Lipinski definition) is 0. The van der Waals surface area contributed by atoms with Gasteiger partial charge in [0.05, 0.1) is 11.0 Å². The van der Waals surface area contributed by atoms with Crippen LogP contribution in [0.1, 0.15) is 33.3 Å². The quantitative estimate of drug-likeness (QED) is 0.810. The second kappa shape index (κ2) is 4.13. The number of halogens is 1. The molecule has 1 aromatic rings. The van der Waals surface area contributed by atoms with Crippen molar-refractivity contribution in [2.24, 2.45) is 4.99 Å². The summed E-state index contributed by atoms with van der Waals surface area (Å²) in [6, 6.07) is 8.33. The third-order valence-electron chi connectivity index (χ3n) is 3.07. The fraction of sp³-hybridized carbons (Fsp3) is 0.500. The van der Waals surface area contributed by atoms with Crippen LogP contribution in [0.4, 0.5) is 0 Å². The Morgan fingerprint density at radius 1 is 1.24 bits per heavy atom. The molecule has 2 nitrogen and oxygen atoms in total. The van der Waals surface area contributed by atoms with E-state index in [1.165, 1.54) is 5.56 Å². The van der Waals surface area contributed by atoms with Crippen LogP contribution in [-0.2, 0) is 10.2 Å². The molecule has 3 heteroatoms. The SMILES string of the molecule is CC1(C)COC(C(C)(C)c2ccc(Br)cc2)=N1. The lowest BCUT2D eigenvalue weighted by Crippen LogP contribution is -2.29. The van der Waals surface area contributed by atoms with E-state index >= 15 is 0 Å². The van der Waals surface area contributed by atoms with E-state index < -0.39 is 0 Å². The topological polar surface area (TPSA) is 21.6 Å². The van der Waals surface area contributed by atoms with Crippen LogP contribution in [0.25, 0.3) is 0 Å². The Bertz CT molecular complexity index is 446. The lowest BCUT2D eigenvalue weighted by molar-refractivity contribution is 0.263. The molecule has 0 saturated carbocycles. The Labute approximate surface area is 111 Å². The highest BCUT2D eigenvalue weighted by atomic mass is 79.9. The van der Waals surface area contributed by atoms with E-state index in [0.29, 0.717) is 6.61 Å². The second-order valence-electron chi connectivity index (χ2n) is 5.65. The van der Waals surface area contributed by atoms with Gasteiger partial charge in [0.2, 0.25) is 0 Å². The van der Waals surface area contributed by atoms with Crippen molar-refractivity contribution in [2.75, 3.05) is 6.61 Å². The molecule has 0 amide bonds. The van der Waals surface area contributed by atoms with Crippen molar-refractivity contribution in [3.05, 3.63) is 34.3 Å². The van der Waals surface area contributed by atoms with Gasteiger partial charge in [-0.05, 0) is 45.4 Å². The van der Waals surface area contributed by atoms with Crippen molar-refractivity contribution in [3.63, 3.8) is 0 Å². The van der Waals surface area contributed by atoms with Crippen molar-refractivity contribution < 1.29 is 4.74 Å². The van der Waals surface area contributed by atoms with Gasteiger partial charge in [-0.25, -0.2) is 4.99 Å². The maximum absolute atomic E-state index is 5.76. The molecular formula is C14H18BrNO. The number of ether oxygens (including phenoxy) is 1. The van der Waals surface area contributed by atoms with Crippen LogP contribution in [0.15, 0.2) is 33.7 Å². The predicted octanol–water partition coefficient (Wildman–Crippen LogP) is 3.93. The maximum Gasteiger partial charge on any atom is 0.194 e. The molecule has 0 atom stereocenters. The van der Waals surface area contributed by atoms with Crippen molar-refractivity contribution in [2.45, 2.75) is 38.6 Å². The highest BCUT2D eigenvalue weighted by molar-refractivity contribution is 9.10. The Kier molecular flexibility index (Phi) is 3.06. The zero-order valence-corrected chi connectivity index (χ0v) is 12.3. The van der Waals surface area contributed by atoms with Gasteiger partial charge in [-0.3, -0.25) is 0 Å². The zero-order valence-electron chi connectivity index (χ0n) is 10.7. The Morgan fingerprint density at radius 3 is 2.29 bits per heavy atom. The molecule has 0 aliphatic carbocycles. The smallest absolute Gasteiger partial charge is 0.194 e. The van der Waals surface area contributed by atoms with Crippen LogP contribution < -0.4 is 0 Å². The molecule has 1 aliphatic rings. The average Bonchev–Trinajstić information content (AvgIpc) is 2.60. The second-order valence-corrected chi connectivity index (χ2v) is 6.57. The van der Waals surface area contributed by atoms with Gasteiger partial charge in [0.25, 0.3) is 0 Å². The summed E-state index contributed by atoms with van der Waals surface area (Å²) in [4.78, 5) is 4.67. The van der Waals surface area contributed by atoms with Gasteiger partial charge < -0.3 is 4.74 Å². The van der Waals surface area contributed by atoms with Crippen LogP contribution in [0.5, 0.6) is 0 Å². The lowest BCUT2D eigenvalue weighted by atomic mass is 9.84. The van der Waals surface area contributed by atoms with Crippen molar-refractivity contribution in [3.8, 4) is 0 Å². The number of aliphatic imine (C=N–C) groups is 1. The highest BCUT2D eigenvalue weighted by Gasteiger charge is 2.36. The summed E-state index contributed by atoms with van der Waals surface area (Å²) in [6.45, 7) is 9.16. The maximum atomic E-state index is 5.76. The Balaban J connectivity index is 2.34. The fourth-order valence-corrected chi connectivity index (χ4v) is 2.16. The molecular weight excluding hydrogens is 278 g/mol. The van der Waals surface area contributed by atoms with Crippen LogP contribution >= 0.6 is 15.9 Å². The molecule has 1 aliphatic heterocycles. The van der Waals surface area contributed by atoms with Crippen molar-refractivity contribution in [1.82, 2.24) is 0 Å². The summed E-state index contributed by atoms with van der Waals surface area (Å²) < 4.78 is 6.85. The van der Waals surface area contributed by atoms with Gasteiger partial charge in [0, 0.05) is 4.47 Å². The number of hydrogen-bond acceptors (Lipinski definition) is 2. The predicted molar refractivity (Wildman–Crippen MR) is 74.6 cm³/mol. The molecule has 0 N–H and O–H groups in total. The minimum atomic E-state index is -0.172. The van der Waals surface area contributed by atoms with E-state index in [-0.39, 0.29) is 11.0 Å². The van der Waals surface area contributed by atoms with Gasteiger partial charge in [-0.15, -0.1) is 0 Å². The van der Waals surface area contributed by atoms with Crippen LogP contribution in [0, 0.1) is 0 Å². The molecule has 17 heavy (non-hydrogen) atoms. The first-order chi connectivity index (χ1) is 7.81. The first kappa shape index (κ1) is 12.6. The van der Waals surface area contributed by atoms with Crippen LogP contribution in [-0.4, -0.2) is 18.0 Å². The molecule has 0 radical (unpaired) electrons. The van der Waals surface area contributed by atoms with Gasteiger partial charge >= 0.3 is 0 Å². The van der Waals surface area contributed by atoms with E-state index in [9.17, 15) is 0 Å². The fourth-order valence-electron chi connectivity index (χ4n) is 1.89. The lowest BCUT2D eigenvalue weighted by Gasteiger charge is -2.24. The minimum absolute atomic E-state index is 0.0953. The van der Waals surface area contributed by atoms with Crippen molar-refractivity contribution >= 4 is 21.8 Å². The van der Waals surface area contributed by atoms with Gasteiger partial charge in [-0.1, -0.05) is 28.1 Å². The summed E-state index contributed by atoms with van der Waals surface area (Å²) in [5.41, 5.74) is 0.952. The van der Waals surface area contributed by atoms with Gasteiger partial charge in [0.1, 0.15) is 6.61 Å². The first-order valence-electron chi connectivity index (χ1n) is 5.80. The summed E-state index contributed by atoms with van der Waals surface area (Å²) in [6.07, 6.45) is 0. The molecule has 92 valence electrons. The third kappa shape index (κ3) is 2.54. The Morgan fingerprint density at radius 2 is 1.82 bits per heavy atom. The number of rotatable bonds is 2. The number of benzene rings is 1. The highest BCUT2D eigenvalue weighted by Crippen LogP contribution is 2.31. The Hall–Kier alpha value is -0.830. The zero-order chi connectivity index (χ0) is 12.7. The molecule has 0 unspecified atom stereocenters. The molecule has 2 rings (SSSR count). The summed E-state index contributed by atoms with van der Waals surface area (Å²) >= 11 is 3.45. The standard InChI is InChI=1S/C14H18BrNO/c1-13(2)9-17-12(16-13)14(3,4)10-5-7-11(15)8-6-10/h5-8H,9H2,1-4H3. The molecule has 0 bridgehead atoms. The molecule has 0 aromatic heterocycles.